The first-order valence-electron chi connectivity index (χ1n) is 9.39. The number of ether oxygens (including phenoxy) is 2. The second-order valence-corrected chi connectivity index (χ2v) is 8.69. The molecule has 3 rings (SSSR count). The van der Waals surface area contributed by atoms with Gasteiger partial charge in [0.2, 0.25) is 0 Å². The molecule has 2 aromatic rings. The zero-order chi connectivity index (χ0) is 22.5. The van der Waals surface area contributed by atoms with Crippen molar-refractivity contribution in [1.29, 1.82) is 0 Å². The Kier molecular flexibility index (Phi) is 7.59. The average molecular weight is 478 g/mol. The second-order valence-electron chi connectivity index (χ2n) is 6.60. The number of hydrogen-bond donors (Lipinski definition) is 1. The topological polar surface area (TPSA) is 76.1 Å². The van der Waals surface area contributed by atoms with Crippen molar-refractivity contribution in [2.45, 2.75) is 26.0 Å². The molecule has 1 fully saturated rings. The van der Waals surface area contributed by atoms with Gasteiger partial charge in [-0.25, -0.2) is 4.79 Å². The van der Waals surface area contributed by atoms with Crippen LogP contribution in [0, 0.1) is 0 Å². The number of thiocarbonyl (C=S) groups is 1. The molecular weight excluding hydrogens is 458 g/mol. The third-order valence-electron chi connectivity index (χ3n) is 4.63. The molecule has 6 nitrogen and oxygen atoms in total. The van der Waals surface area contributed by atoms with Gasteiger partial charge < -0.3 is 14.6 Å². The molecule has 1 N–H and O–H groups in total. The molecule has 0 radical (unpaired) electrons. The molecule has 0 aliphatic carbocycles. The van der Waals surface area contributed by atoms with Crippen LogP contribution in [0.2, 0.25) is 5.02 Å². The van der Waals surface area contributed by atoms with Crippen LogP contribution in [0.3, 0.4) is 0 Å². The van der Waals surface area contributed by atoms with Crippen molar-refractivity contribution < 1.29 is 24.2 Å². The highest BCUT2D eigenvalue weighted by Gasteiger charge is 2.39. The van der Waals surface area contributed by atoms with Crippen LogP contribution in [-0.2, 0) is 16.2 Å². The lowest BCUT2D eigenvalue weighted by molar-refractivity contribution is -0.145. The molecular formula is C22H20ClNO5S2. The van der Waals surface area contributed by atoms with E-state index in [0.717, 1.165) is 22.2 Å². The van der Waals surface area contributed by atoms with E-state index in [4.69, 9.17) is 33.3 Å². The maximum absolute atomic E-state index is 12.8. The van der Waals surface area contributed by atoms with Crippen LogP contribution in [0.25, 0.3) is 6.08 Å². The van der Waals surface area contributed by atoms with Gasteiger partial charge in [-0.05, 0) is 36.3 Å². The maximum Gasteiger partial charge on any atom is 0.326 e. The Hall–Kier alpha value is -2.55. The summed E-state index contributed by atoms with van der Waals surface area (Å²) in [7, 11) is 1.53. The smallest absolute Gasteiger partial charge is 0.326 e. The van der Waals surface area contributed by atoms with Crippen molar-refractivity contribution in [2.24, 2.45) is 0 Å². The number of aliphatic carboxylic acids is 1. The molecule has 0 aromatic heterocycles. The number of thioether (sulfide) groups is 1. The molecule has 2 aromatic carbocycles. The van der Waals surface area contributed by atoms with E-state index in [-0.39, 0.29) is 17.3 Å². The van der Waals surface area contributed by atoms with Gasteiger partial charge >= 0.3 is 5.97 Å². The zero-order valence-electron chi connectivity index (χ0n) is 16.8. The van der Waals surface area contributed by atoms with Gasteiger partial charge in [0.1, 0.15) is 17.0 Å². The van der Waals surface area contributed by atoms with Gasteiger partial charge in [0.05, 0.1) is 12.0 Å². The van der Waals surface area contributed by atoms with Gasteiger partial charge in [0.25, 0.3) is 5.91 Å². The molecule has 1 saturated heterocycles. The van der Waals surface area contributed by atoms with E-state index in [0.29, 0.717) is 27.0 Å². The molecule has 1 atom stereocenters. The Bertz CT molecular complexity index is 1060. The third-order valence-corrected chi connectivity index (χ3v) is 6.33. The number of rotatable bonds is 8. The van der Waals surface area contributed by atoms with E-state index < -0.39 is 17.9 Å². The van der Waals surface area contributed by atoms with E-state index in [9.17, 15) is 14.7 Å². The average Bonchev–Trinajstić information content (AvgIpc) is 3.02. The highest BCUT2D eigenvalue weighted by molar-refractivity contribution is 8.26. The minimum Gasteiger partial charge on any atom is -0.493 e. The van der Waals surface area contributed by atoms with E-state index in [1.807, 2.05) is 18.2 Å². The first kappa shape index (κ1) is 23.1. The van der Waals surface area contributed by atoms with Crippen LogP contribution in [0.5, 0.6) is 11.5 Å². The van der Waals surface area contributed by atoms with Gasteiger partial charge in [-0.2, -0.15) is 0 Å². The third kappa shape index (κ3) is 5.20. The molecule has 1 amide bonds. The van der Waals surface area contributed by atoms with E-state index in [2.05, 4.69) is 0 Å². The summed E-state index contributed by atoms with van der Waals surface area (Å²) in [5.41, 5.74) is 1.55. The number of carbonyl (C=O) groups excluding carboxylic acids is 1. The zero-order valence-corrected chi connectivity index (χ0v) is 19.2. The van der Waals surface area contributed by atoms with Gasteiger partial charge in [0, 0.05) is 10.6 Å². The maximum atomic E-state index is 12.8. The largest absolute Gasteiger partial charge is 0.493 e. The molecule has 1 heterocycles. The summed E-state index contributed by atoms with van der Waals surface area (Å²) in [5, 5.41) is 9.99. The Morgan fingerprint density at radius 1 is 1.29 bits per heavy atom. The monoisotopic (exact) mass is 477 g/mol. The quantitative estimate of drug-likeness (QED) is 0.424. The van der Waals surface area contributed by atoms with Crippen molar-refractivity contribution in [3.05, 3.63) is 63.5 Å². The molecule has 0 spiro atoms. The van der Waals surface area contributed by atoms with E-state index in [1.54, 1.807) is 37.3 Å². The predicted octanol–water partition coefficient (Wildman–Crippen LogP) is 4.99. The number of halogens is 1. The summed E-state index contributed by atoms with van der Waals surface area (Å²) in [5.74, 6) is -0.471. The number of hydrogen-bond acceptors (Lipinski definition) is 6. The normalized spacial score (nSPS) is 16.0. The highest BCUT2D eigenvalue weighted by atomic mass is 35.5. The molecule has 31 heavy (non-hydrogen) atoms. The number of carbonyl (C=O) groups is 2. The summed E-state index contributed by atoms with van der Waals surface area (Å²) in [6.07, 6.45) is 1.93. The van der Waals surface area contributed by atoms with Crippen LogP contribution in [-0.4, -0.2) is 39.4 Å². The summed E-state index contributed by atoms with van der Waals surface area (Å²) in [6.45, 7) is 1.98. The number of nitrogens with zero attached hydrogens (tertiary/aromatic N) is 1. The molecule has 162 valence electrons. The Balaban J connectivity index is 1.80. The van der Waals surface area contributed by atoms with Crippen molar-refractivity contribution in [3.63, 3.8) is 0 Å². The lowest BCUT2D eigenvalue weighted by atomic mass is 10.1. The Labute approximate surface area is 194 Å². The molecule has 1 aliphatic heterocycles. The van der Waals surface area contributed by atoms with Crippen LogP contribution in [0.1, 0.15) is 24.5 Å². The standard InChI is InChI=1S/C22H20ClNO5S2/c1-3-16(21(26)27)24-20(25)19(31-22(24)30)11-13-8-9-17(18(10-13)28-2)29-12-14-6-4-5-7-15(14)23/h4-11,16H,3,12H2,1-2H3,(H,26,27)/b19-11+. The fourth-order valence-electron chi connectivity index (χ4n) is 3.03. The van der Waals surface area contributed by atoms with Crippen molar-refractivity contribution in [2.75, 3.05) is 7.11 Å². The SMILES string of the molecule is CCC(C(=O)O)N1C(=O)/C(=C\c2ccc(OCc3ccccc3Cl)c(OC)c2)SC1=S. The molecule has 1 unspecified atom stereocenters. The van der Waals surface area contributed by atoms with E-state index in [1.165, 1.54) is 7.11 Å². The summed E-state index contributed by atoms with van der Waals surface area (Å²) in [4.78, 5) is 25.7. The van der Waals surface area contributed by atoms with Gasteiger partial charge in [-0.1, -0.05) is 66.8 Å². The lowest BCUT2D eigenvalue weighted by Crippen LogP contribution is -2.43. The molecule has 0 saturated carbocycles. The number of amides is 1. The van der Waals surface area contributed by atoms with Gasteiger partial charge in [-0.3, -0.25) is 9.69 Å². The first-order chi connectivity index (χ1) is 14.8. The first-order valence-corrected chi connectivity index (χ1v) is 11.0. The minimum atomic E-state index is -1.08. The fraction of sp³-hybridized carbons (Fsp3) is 0.227. The van der Waals surface area contributed by atoms with Gasteiger partial charge in [-0.15, -0.1) is 0 Å². The van der Waals surface area contributed by atoms with Crippen LogP contribution in [0.15, 0.2) is 47.4 Å². The Morgan fingerprint density at radius 2 is 2.03 bits per heavy atom. The molecule has 1 aliphatic rings. The van der Waals surface area contributed by atoms with Crippen molar-refractivity contribution in [3.8, 4) is 11.5 Å². The highest BCUT2D eigenvalue weighted by Crippen LogP contribution is 2.36. The second kappa shape index (κ2) is 10.2. The molecule has 9 heteroatoms. The number of methoxy groups -OCH3 is 1. The van der Waals surface area contributed by atoms with Crippen LogP contribution >= 0.6 is 35.6 Å². The summed E-state index contributed by atoms with van der Waals surface area (Å²) < 4.78 is 11.5. The van der Waals surface area contributed by atoms with Crippen molar-refractivity contribution >= 4 is 57.9 Å². The fourth-order valence-corrected chi connectivity index (χ4v) is 4.58. The van der Waals surface area contributed by atoms with Crippen molar-refractivity contribution in [1.82, 2.24) is 4.90 Å². The minimum absolute atomic E-state index is 0.233. The molecule has 0 bridgehead atoms. The number of carboxylic acids is 1. The van der Waals surface area contributed by atoms with Crippen LogP contribution < -0.4 is 9.47 Å². The van der Waals surface area contributed by atoms with Crippen LogP contribution in [0.4, 0.5) is 0 Å². The summed E-state index contributed by atoms with van der Waals surface area (Å²) >= 11 is 12.5. The predicted molar refractivity (Wildman–Crippen MR) is 126 cm³/mol. The van der Waals surface area contributed by atoms with Gasteiger partial charge in [0.15, 0.2) is 11.5 Å². The number of benzene rings is 2. The summed E-state index contributed by atoms with van der Waals surface area (Å²) in [6, 6.07) is 11.7. The lowest BCUT2D eigenvalue weighted by Gasteiger charge is -2.21. The van der Waals surface area contributed by atoms with E-state index >= 15 is 0 Å². The Morgan fingerprint density at radius 3 is 2.68 bits per heavy atom. The number of carboxylic acid groups (broad SMARTS) is 1.